The summed E-state index contributed by atoms with van der Waals surface area (Å²) in [5, 5.41) is 11.8. The number of hydrogen-bond donors (Lipinski definition) is 1. The average Bonchev–Trinajstić information content (AvgIpc) is 3.04. The molecule has 0 bridgehead atoms. The molecule has 100 valence electrons. The van der Waals surface area contributed by atoms with Crippen LogP contribution in [0, 0.1) is 11.3 Å². The van der Waals surface area contributed by atoms with Crippen LogP contribution in [0.3, 0.4) is 0 Å². The minimum Gasteiger partial charge on any atom is -0.376 e. The summed E-state index contributed by atoms with van der Waals surface area (Å²) < 4.78 is 6.39. The van der Waals surface area contributed by atoms with Gasteiger partial charge in [-0.05, 0) is 47.0 Å². The van der Waals surface area contributed by atoms with Crippen LogP contribution in [0.2, 0.25) is 0 Å². The van der Waals surface area contributed by atoms with Crippen LogP contribution >= 0.6 is 27.3 Å². The predicted octanol–water partition coefficient (Wildman–Crippen LogP) is 2.71. The molecule has 0 aliphatic carbocycles. The molecule has 6 heteroatoms. The van der Waals surface area contributed by atoms with Crippen molar-refractivity contribution < 1.29 is 9.53 Å². The molecule has 1 N–H and O–H groups in total. The topological polar surface area (TPSA) is 62.1 Å². The van der Waals surface area contributed by atoms with Gasteiger partial charge < -0.3 is 10.1 Å². The van der Waals surface area contributed by atoms with Gasteiger partial charge in [0.25, 0.3) is 5.91 Å². The van der Waals surface area contributed by atoms with E-state index in [1.807, 2.05) is 18.2 Å². The van der Waals surface area contributed by atoms with E-state index >= 15 is 0 Å². The first kappa shape index (κ1) is 14.3. The van der Waals surface area contributed by atoms with E-state index in [0.717, 1.165) is 28.1 Å². The molecule has 1 aliphatic rings. The van der Waals surface area contributed by atoms with Crippen molar-refractivity contribution in [2.24, 2.45) is 0 Å². The number of carbonyl (C=O) groups excluding carboxylic acids is 1. The van der Waals surface area contributed by atoms with Gasteiger partial charge in [-0.3, -0.25) is 4.79 Å². The molecule has 1 saturated heterocycles. The van der Waals surface area contributed by atoms with E-state index in [2.05, 4.69) is 21.2 Å². The van der Waals surface area contributed by atoms with Gasteiger partial charge in [0.15, 0.2) is 0 Å². The summed E-state index contributed by atoms with van der Waals surface area (Å²) in [7, 11) is 0. The van der Waals surface area contributed by atoms with Crippen LogP contribution in [0.4, 0.5) is 0 Å². The van der Waals surface area contributed by atoms with E-state index in [1.54, 1.807) is 6.08 Å². The van der Waals surface area contributed by atoms with Crippen molar-refractivity contribution in [3.05, 3.63) is 26.4 Å². The van der Waals surface area contributed by atoms with E-state index < -0.39 is 0 Å². The lowest BCUT2D eigenvalue weighted by atomic mass is 10.2. The van der Waals surface area contributed by atoms with Crippen molar-refractivity contribution in [1.29, 1.82) is 5.26 Å². The van der Waals surface area contributed by atoms with E-state index in [1.165, 1.54) is 11.3 Å². The van der Waals surface area contributed by atoms with Crippen LogP contribution in [-0.2, 0) is 9.53 Å². The minimum absolute atomic E-state index is 0.0831. The van der Waals surface area contributed by atoms with Crippen LogP contribution in [0.5, 0.6) is 0 Å². The summed E-state index contributed by atoms with van der Waals surface area (Å²) in [6, 6.07) is 5.68. The maximum atomic E-state index is 11.9. The number of nitrogens with zero attached hydrogens (tertiary/aromatic N) is 1. The Kier molecular flexibility index (Phi) is 5.14. The average molecular weight is 341 g/mol. The number of nitriles is 1. The lowest BCUT2D eigenvalue weighted by molar-refractivity contribution is -0.117. The molecular formula is C13H13BrN2O2S. The van der Waals surface area contributed by atoms with Crippen LogP contribution in [-0.4, -0.2) is 25.2 Å². The molecule has 2 heterocycles. The molecule has 1 aromatic rings. The number of ether oxygens (including phenoxy) is 1. The highest BCUT2D eigenvalue weighted by Gasteiger charge is 2.17. The van der Waals surface area contributed by atoms with Gasteiger partial charge in [0.2, 0.25) is 0 Å². The number of hydrogen-bond acceptors (Lipinski definition) is 4. The Morgan fingerprint density at radius 3 is 3.11 bits per heavy atom. The Labute approximate surface area is 124 Å². The van der Waals surface area contributed by atoms with Crippen molar-refractivity contribution >= 4 is 39.2 Å². The number of nitrogens with one attached hydrogen (secondary N) is 1. The van der Waals surface area contributed by atoms with Crippen molar-refractivity contribution in [2.75, 3.05) is 13.2 Å². The highest BCUT2D eigenvalue weighted by Crippen LogP contribution is 2.24. The van der Waals surface area contributed by atoms with Gasteiger partial charge >= 0.3 is 0 Å². The van der Waals surface area contributed by atoms with Crippen molar-refractivity contribution in [1.82, 2.24) is 5.32 Å². The van der Waals surface area contributed by atoms with E-state index in [9.17, 15) is 4.79 Å². The Balaban J connectivity index is 1.95. The Bertz CT molecular complexity index is 527. The highest BCUT2D eigenvalue weighted by molar-refractivity contribution is 9.11. The second-order valence-electron chi connectivity index (χ2n) is 4.16. The van der Waals surface area contributed by atoms with Crippen LogP contribution in [0.1, 0.15) is 17.7 Å². The molecule has 0 aromatic carbocycles. The van der Waals surface area contributed by atoms with Gasteiger partial charge in [0, 0.05) is 18.0 Å². The summed E-state index contributed by atoms with van der Waals surface area (Å²) in [5.74, 6) is -0.345. The van der Waals surface area contributed by atoms with E-state index in [0.29, 0.717) is 6.54 Å². The molecule has 19 heavy (non-hydrogen) atoms. The van der Waals surface area contributed by atoms with Gasteiger partial charge in [-0.1, -0.05) is 0 Å². The van der Waals surface area contributed by atoms with E-state index in [4.69, 9.17) is 10.00 Å². The second kappa shape index (κ2) is 6.85. The maximum Gasteiger partial charge on any atom is 0.262 e. The fraction of sp³-hybridized carbons (Fsp3) is 0.385. The number of rotatable bonds is 4. The lowest BCUT2D eigenvalue weighted by Gasteiger charge is -2.09. The van der Waals surface area contributed by atoms with Crippen LogP contribution in [0.25, 0.3) is 6.08 Å². The van der Waals surface area contributed by atoms with Crippen LogP contribution < -0.4 is 5.32 Å². The molecule has 4 nitrogen and oxygen atoms in total. The Morgan fingerprint density at radius 2 is 2.53 bits per heavy atom. The third kappa shape index (κ3) is 4.16. The predicted molar refractivity (Wildman–Crippen MR) is 77.6 cm³/mol. The van der Waals surface area contributed by atoms with Crippen molar-refractivity contribution in [3.63, 3.8) is 0 Å². The normalized spacial score (nSPS) is 19.2. The van der Waals surface area contributed by atoms with Crippen molar-refractivity contribution in [2.45, 2.75) is 18.9 Å². The van der Waals surface area contributed by atoms with Gasteiger partial charge in [0.1, 0.15) is 11.6 Å². The summed E-state index contributed by atoms with van der Waals surface area (Å²) in [6.07, 6.45) is 3.68. The minimum atomic E-state index is -0.345. The molecule has 1 aromatic heterocycles. The zero-order valence-electron chi connectivity index (χ0n) is 10.2. The molecule has 2 rings (SSSR count). The van der Waals surface area contributed by atoms with Gasteiger partial charge in [-0.25, -0.2) is 0 Å². The Morgan fingerprint density at radius 1 is 1.68 bits per heavy atom. The van der Waals surface area contributed by atoms with Crippen LogP contribution in [0.15, 0.2) is 21.5 Å². The largest absolute Gasteiger partial charge is 0.376 e. The van der Waals surface area contributed by atoms with Gasteiger partial charge in [0.05, 0.1) is 9.89 Å². The summed E-state index contributed by atoms with van der Waals surface area (Å²) in [6.45, 7) is 1.22. The molecule has 1 amide bonds. The number of amides is 1. The fourth-order valence-electron chi connectivity index (χ4n) is 1.80. The standard InChI is InChI=1S/C13H13BrN2O2S/c14-12-4-3-11(19-12)6-9(7-15)13(17)16-8-10-2-1-5-18-10/h3-4,6,10H,1-2,5,8H2,(H,16,17)/b9-6+/t10-/m0/s1. The lowest BCUT2D eigenvalue weighted by Crippen LogP contribution is -2.32. The van der Waals surface area contributed by atoms with Crippen molar-refractivity contribution in [3.8, 4) is 6.07 Å². The number of thiophene rings is 1. The molecule has 0 spiro atoms. The second-order valence-corrected chi connectivity index (χ2v) is 6.65. The molecular weight excluding hydrogens is 328 g/mol. The molecule has 0 unspecified atom stereocenters. The quantitative estimate of drug-likeness (QED) is 0.677. The fourth-order valence-corrected chi connectivity index (χ4v) is 3.17. The zero-order valence-corrected chi connectivity index (χ0v) is 12.6. The highest BCUT2D eigenvalue weighted by atomic mass is 79.9. The smallest absolute Gasteiger partial charge is 0.262 e. The summed E-state index contributed by atoms with van der Waals surface area (Å²) >= 11 is 4.82. The van der Waals surface area contributed by atoms with E-state index in [-0.39, 0.29) is 17.6 Å². The SMILES string of the molecule is N#C/C(=C\c1ccc(Br)s1)C(=O)NC[C@@H]1CCCO1. The first-order chi connectivity index (χ1) is 9.19. The molecule has 0 radical (unpaired) electrons. The Hall–Kier alpha value is -1.16. The zero-order chi connectivity index (χ0) is 13.7. The monoisotopic (exact) mass is 340 g/mol. The maximum absolute atomic E-state index is 11.9. The number of carbonyl (C=O) groups is 1. The first-order valence-corrected chi connectivity index (χ1v) is 7.57. The third-order valence-electron chi connectivity index (χ3n) is 2.76. The molecule has 1 aliphatic heterocycles. The number of halogens is 1. The molecule has 0 saturated carbocycles. The summed E-state index contributed by atoms with van der Waals surface area (Å²) in [4.78, 5) is 12.7. The van der Waals surface area contributed by atoms with Gasteiger partial charge in [-0.15, -0.1) is 11.3 Å². The summed E-state index contributed by atoms with van der Waals surface area (Å²) in [5.41, 5.74) is 0.118. The molecule has 1 atom stereocenters. The van der Waals surface area contributed by atoms with Gasteiger partial charge in [-0.2, -0.15) is 5.26 Å². The molecule has 1 fully saturated rings. The first-order valence-electron chi connectivity index (χ1n) is 5.96. The third-order valence-corrected chi connectivity index (χ3v) is 4.33.